The van der Waals surface area contributed by atoms with E-state index in [1.54, 1.807) is 8.35 Å². The summed E-state index contributed by atoms with van der Waals surface area (Å²) >= 11 is -1.25. The fourth-order valence-electron chi connectivity index (χ4n) is 2.82. The SMILES string of the molecule is CCN(CC[CH2][In]([CH2]CCN(C)C)[CH](C)C)C(C)C. The van der Waals surface area contributed by atoms with Crippen LogP contribution in [0.2, 0.25) is 12.0 Å². The van der Waals surface area contributed by atoms with Gasteiger partial charge in [-0.25, -0.2) is 0 Å². The van der Waals surface area contributed by atoms with Crippen LogP contribution in [0.5, 0.6) is 0 Å². The summed E-state index contributed by atoms with van der Waals surface area (Å²) in [5, 5.41) is 0. The van der Waals surface area contributed by atoms with Gasteiger partial charge in [-0.3, -0.25) is 0 Å². The molecule has 0 fully saturated rings. The minimum atomic E-state index is -1.25. The first kappa shape index (κ1) is 19.8. The number of rotatable bonds is 11. The summed E-state index contributed by atoms with van der Waals surface area (Å²) in [6, 6.07) is 0.714. The first-order valence-electron chi connectivity index (χ1n) is 8.27. The van der Waals surface area contributed by atoms with E-state index in [1.807, 2.05) is 0 Å². The molecule has 0 aliphatic heterocycles. The van der Waals surface area contributed by atoms with Crippen LogP contribution in [0.15, 0.2) is 0 Å². The van der Waals surface area contributed by atoms with Crippen LogP contribution in [0.1, 0.15) is 47.5 Å². The van der Waals surface area contributed by atoms with Crippen LogP contribution in [0, 0.1) is 0 Å². The molecule has 19 heavy (non-hydrogen) atoms. The molecule has 0 atom stereocenters. The van der Waals surface area contributed by atoms with Crippen LogP contribution >= 0.6 is 0 Å². The molecule has 0 heterocycles. The molecule has 0 aliphatic carbocycles. The van der Waals surface area contributed by atoms with Gasteiger partial charge in [0.1, 0.15) is 0 Å². The third kappa shape index (κ3) is 10.2. The second-order valence-corrected chi connectivity index (χ2v) is 18.3. The van der Waals surface area contributed by atoms with E-state index in [0.29, 0.717) is 6.04 Å². The fourth-order valence-corrected chi connectivity index (χ4v) is 11.5. The molecule has 0 aromatic heterocycles. The summed E-state index contributed by atoms with van der Waals surface area (Å²) in [7, 11) is 4.39. The van der Waals surface area contributed by atoms with E-state index in [0.717, 1.165) is 3.67 Å². The topological polar surface area (TPSA) is 6.48 Å². The Morgan fingerprint density at radius 3 is 1.79 bits per heavy atom. The normalized spacial score (nSPS) is 12.2. The zero-order valence-electron chi connectivity index (χ0n) is 14.6. The standard InChI is InChI=1S/C8H18N.C5H12N.C3H7.In/c1-5-7-9(6-2)8(3)4;1-4-5-6(2)3;1-3-2;/h8H,1,5-7H2,2-4H3;1,4-5H2,2-3H3;3H,1-2H3;. The van der Waals surface area contributed by atoms with E-state index in [1.165, 1.54) is 32.5 Å². The van der Waals surface area contributed by atoms with Crippen LogP contribution < -0.4 is 0 Å². The van der Waals surface area contributed by atoms with Crippen molar-refractivity contribution in [3.63, 3.8) is 0 Å². The predicted octanol–water partition coefficient (Wildman–Crippen LogP) is 3.96. The molecule has 0 radical (unpaired) electrons. The molecule has 0 aliphatic rings. The van der Waals surface area contributed by atoms with Crippen molar-refractivity contribution >= 4 is 21.4 Å². The van der Waals surface area contributed by atoms with Gasteiger partial charge < -0.3 is 0 Å². The van der Waals surface area contributed by atoms with Crippen LogP contribution in [0.4, 0.5) is 0 Å². The molecule has 0 saturated carbocycles. The molecule has 114 valence electrons. The number of hydrogen-bond acceptors (Lipinski definition) is 2. The van der Waals surface area contributed by atoms with Crippen molar-refractivity contribution in [3.05, 3.63) is 0 Å². The van der Waals surface area contributed by atoms with Crippen molar-refractivity contribution in [1.29, 1.82) is 0 Å². The zero-order valence-corrected chi connectivity index (χ0v) is 17.9. The van der Waals surface area contributed by atoms with Crippen LogP contribution in [0.3, 0.4) is 0 Å². The van der Waals surface area contributed by atoms with Gasteiger partial charge in [0, 0.05) is 0 Å². The predicted molar refractivity (Wildman–Crippen MR) is 90.6 cm³/mol. The van der Waals surface area contributed by atoms with E-state index in [-0.39, 0.29) is 0 Å². The summed E-state index contributed by atoms with van der Waals surface area (Å²) < 4.78 is 4.25. The first-order valence-corrected chi connectivity index (χ1v) is 14.8. The Morgan fingerprint density at radius 1 is 0.895 bits per heavy atom. The molecule has 0 aromatic carbocycles. The van der Waals surface area contributed by atoms with Gasteiger partial charge >= 0.3 is 130 Å². The molecule has 0 amide bonds. The Labute approximate surface area is 130 Å². The molecule has 3 heteroatoms. The van der Waals surface area contributed by atoms with Crippen LogP contribution in [0.25, 0.3) is 0 Å². The van der Waals surface area contributed by atoms with Gasteiger partial charge in [-0.05, 0) is 0 Å². The fraction of sp³-hybridized carbons (Fsp3) is 1.00. The van der Waals surface area contributed by atoms with E-state index < -0.39 is 21.4 Å². The van der Waals surface area contributed by atoms with E-state index in [9.17, 15) is 0 Å². The Kier molecular flexibility index (Phi) is 11.9. The summed E-state index contributed by atoms with van der Waals surface area (Å²) in [6.45, 7) is 15.7. The second kappa shape index (κ2) is 11.4. The van der Waals surface area contributed by atoms with Crippen molar-refractivity contribution in [2.45, 2.75) is 65.5 Å². The number of hydrogen-bond donors (Lipinski definition) is 0. The summed E-state index contributed by atoms with van der Waals surface area (Å²) in [5.74, 6) is 0. The van der Waals surface area contributed by atoms with Crippen molar-refractivity contribution in [3.8, 4) is 0 Å². The van der Waals surface area contributed by atoms with Gasteiger partial charge in [0.2, 0.25) is 0 Å². The van der Waals surface area contributed by atoms with Crippen LogP contribution in [-0.4, -0.2) is 71.0 Å². The van der Waals surface area contributed by atoms with Gasteiger partial charge in [0.05, 0.1) is 0 Å². The zero-order chi connectivity index (χ0) is 14.8. The van der Waals surface area contributed by atoms with Crippen LogP contribution in [-0.2, 0) is 0 Å². The van der Waals surface area contributed by atoms with Crippen molar-refractivity contribution in [2.24, 2.45) is 0 Å². The molecule has 0 N–H and O–H groups in total. The van der Waals surface area contributed by atoms with Gasteiger partial charge in [0.25, 0.3) is 0 Å². The van der Waals surface area contributed by atoms with Gasteiger partial charge in [-0.15, -0.1) is 0 Å². The Morgan fingerprint density at radius 2 is 1.42 bits per heavy atom. The third-order valence-electron chi connectivity index (χ3n) is 4.28. The van der Waals surface area contributed by atoms with E-state index in [2.05, 4.69) is 58.5 Å². The van der Waals surface area contributed by atoms with Crippen molar-refractivity contribution in [1.82, 2.24) is 9.80 Å². The summed E-state index contributed by atoms with van der Waals surface area (Å²) in [4.78, 5) is 4.95. The third-order valence-corrected chi connectivity index (χ3v) is 16.2. The number of nitrogens with zero attached hydrogens (tertiary/aromatic N) is 2. The van der Waals surface area contributed by atoms with Crippen molar-refractivity contribution in [2.75, 3.05) is 33.7 Å². The average molecular weight is 372 g/mol. The molecule has 0 aromatic rings. The van der Waals surface area contributed by atoms with E-state index in [4.69, 9.17) is 0 Å². The molecular weight excluding hydrogens is 335 g/mol. The monoisotopic (exact) mass is 372 g/mol. The second-order valence-electron chi connectivity index (χ2n) is 6.81. The first-order chi connectivity index (χ1) is 8.88. The molecule has 0 bridgehead atoms. The Bertz CT molecular complexity index is 205. The minimum absolute atomic E-state index is 0.714. The average Bonchev–Trinajstić information content (AvgIpc) is 2.31. The molecular formula is C16H37InN2. The maximum absolute atomic E-state index is 2.61. The van der Waals surface area contributed by atoms with Crippen molar-refractivity contribution < 1.29 is 0 Å². The molecule has 0 spiro atoms. The quantitative estimate of drug-likeness (QED) is 0.542. The molecule has 0 unspecified atom stereocenters. The van der Waals surface area contributed by atoms with E-state index >= 15 is 0 Å². The molecule has 0 rings (SSSR count). The summed E-state index contributed by atoms with van der Waals surface area (Å²) in [6.07, 6.45) is 2.89. The van der Waals surface area contributed by atoms with Gasteiger partial charge in [-0.2, -0.15) is 0 Å². The molecule has 0 saturated heterocycles. The maximum atomic E-state index is 2.61. The molecule has 2 nitrogen and oxygen atoms in total. The summed E-state index contributed by atoms with van der Waals surface area (Å²) in [5.41, 5.74) is 0. The Hall–Kier alpha value is 0.790. The van der Waals surface area contributed by atoms with Gasteiger partial charge in [0.15, 0.2) is 0 Å². The van der Waals surface area contributed by atoms with Gasteiger partial charge in [-0.1, -0.05) is 0 Å². The Balaban J connectivity index is 3.94.